The molecule has 0 radical (unpaired) electrons. The monoisotopic (exact) mass is 354 g/mol. The Kier molecular flexibility index (Phi) is 4.88. The maximum absolute atomic E-state index is 14.1. The zero-order valence-electron chi connectivity index (χ0n) is 15.5. The summed E-state index contributed by atoms with van der Waals surface area (Å²) in [6.45, 7) is 2.91. The number of benzene rings is 2. The van der Waals surface area contributed by atoms with Gasteiger partial charge in [-0.1, -0.05) is 38.3 Å². The average Bonchev–Trinajstić information content (AvgIpc) is 2.82. The molecule has 1 aliphatic carbocycles. The molecule has 2 aromatic rings. The van der Waals surface area contributed by atoms with E-state index in [0.29, 0.717) is 0 Å². The molecular formula is C23H27FO2. The van der Waals surface area contributed by atoms with Crippen LogP contribution in [0.1, 0.15) is 63.0 Å². The van der Waals surface area contributed by atoms with Gasteiger partial charge in [-0.25, -0.2) is 4.39 Å². The molecule has 2 unspecified atom stereocenters. The zero-order chi connectivity index (χ0) is 18.0. The van der Waals surface area contributed by atoms with Crippen molar-refractivity contribution in [2.75, 3.05) is 6.61 Å². The molecule has 2 atom stereocenters. The lowest BCUT2D eigenvalue weighted by Gasteiger charge is -2.34. The zero-order valence-corrected chi connectivity index (χ0v) is 15.5. The molecule has 0 spiro atoms. The van der Waals surface area contributed by atoms with Crippen molar-refractivity contribution < 1.29 is 13.9 Å². The van der Waals surface area contributed by atoms with Crippen LogP contribution in [0.5, 0.6) is 11.5 Å². The summed E-state index contributed by atoms with van der Waals surface area (Å²) in [5, 5.41) is 0. The third kappa shape index (κ3) is 2.98. The normalized spacial score (nSPS) is 24.3. The number of halogens is 1. The fourth-order valence-electron chi connectivity index (χ4n) is 4.56. The van der Waals surface area contributed by atoms with Crippen LogP contribution in [0.15, 0.2) is 42.5 Å². The highest BCUT2D eigenvalue weighted by molar-refractivity contribution is 5.53. The van der Waals surface area contributed by atoms with Crippen LogP contribution in [0.25, 0.3) is 0 Å². The van der Waals surface area contributed by atoms with Crippen LogP contribution in [-0.2, 0) is 5.41 Å². The lowest BCUT2D eigenvalue weighted by molar-refractivity contribution is 0.159. The highest BCUT2D eigenvalue weighted by atomic mass is 19.1. The second kappa shape index (κ2) is 7.30. The Balaban J connectivity index is 1.72. The second-order valence-electron chi connectivity index (χ2n) is 7.54. The van der Waals surface area contributed by atoms with Gasteiger partial charge in [0.05, 0.1) is 12.0 Å². The van der Waals surface area contributed by atoms with Gasteiger partial charge in [0.15, 0.2) is 0 Å². The highest BCUT2D eigenvalue weighted by Crippen LogP contribution is 2.53. The van der Waals surface area contributed by atoms with E-state index in [1.165, 1.54) is 24.5 Å². The van der Waals surface area contributed by atoms with Crippen molar-refractivity contribution in [1.29, 1.82) is 0 Å². The first-order valence-electron chi connectivity index (χ1n) is 9.94. The van der Waals surface area contributed by atoms with Gasteiger partial charge in [0.1, 0.15) is 23.4 Å². The van der Waals surface area contributed by atoms with Crippen LogP contribution < -0.4 is 9.47 Å². The molecule has 1 fully saturated rings. The summed E-state index contributed by atoms with van der Waals surface area (Å²) in [7, 11) is 0. The van der Waals surface area contributed by atoms with E-state index in [1.807, 2.05) is 0 Å². The minimum absolute atomic E-state index is 0.0914. The molecule has 0 N–H and O–H groups in total. The van der Waals surface area contributed by atoms with Gasteiger partial charge in [0.2, 0.25) is 0 Å². The van der Waals surface area contributed by atoms with E-state index in [2.05, 4.69) is 31.2 Å². The highest BCUT2D eigenvalue weighted by Gasteiger charge is 2.50. The lowest BCUT2D eigenvalue weighted by Crippen LogP contribution is -2.38. The molecule has 1 aliphatic heterocycles. The minimum Gasteiger partial charge on any atom is -0.494 e. The summed E-state index contributed by atoms with van der Waals surface area (Å²) in [6, 6.07) is 13.4. The Labute approximate surface area is 155 Å². The molecular weight excluding hydrogens is 327 g/mol. The molecule has 0 aromatic heterocycles. The molecule has 0 saturated heterocycles. The number of fused-ring (bicyclic) bond motifs is 3. The predicted octanol–water partition coefficient (Wildman–Crippen LogP) is 6.02. The molecule has 1 heterocycles. The number of rotatable bonds is 5. The van der Waals surface area contributed by atoms with Crippen LogP contribution in [0.4, 0.5) is 4.39 Å². The standard InChI is InChI=1S/C23H27FO2/c1-2-3-15-25-19-11-8-17(9-12-19)23-14-6-4-5-7-22(23)26-21-13-10-18(24)16-20(21)23/h8-13,16,22H,2-7,14-15H2,1H3. The third-order valence-corrected chi connectivity index (χ3v) is 5.91. The molecule has 2 aliphatic rings. The Hall–Kier alpha value is -2.03. The van der Waals surface area contributed by atoms with Crippen LogP contribution in [-0.4, -0.2) is 12.7 Å². The van der Waals surface area contributed by atoms with Crippen molar-refractivity contribution in [2.24, 2.45) is 0 Å². The van der Waals surface area contributed by atoms with Crippen molar-refractivity contribution in [2.45, 2.75) is 63.4 Å². The molecule has 2 aromatic carbocycles. The molecule has 26 heavy (non-hydrogen) atoms. The van der Waals surface area contributed by atoms with Crippen LogP contribution in [0.3, 0.4) is 0 Å². The summed E-state index contributed by atoms with van der Waals surface area (Å²) in [6.07, 6.45) is 7.83. The van der Waals surface area contributed by atoms with Crippen molar-refractivity contribution in [3.63, 3.8) is 0 Å². The van der Waals surface area contributed by atoms with Crippen molar-refractivity contribution in [3.05, 3.63) is 59.4 Å². The Morgan fingerprint density at radius 3 is 2.77 bits per heavy atom. The van der Waals surface area contributed by atoms with E-state index in [1.54, 1.807) is 12.1 Å². The van der Waals surface area contributed by atoms with Crippen LogP contribution in [0.2, 0.25) is 0 Å². The molecule has 138 valence electrons. The summed E-state index contributed by atoms with van der Waals surface area (Å²) < 4.78 is 26.2. The lowest BCUT2D eigenvalue weighted by atomic mass is 9.69. The van der Waals surface area contributed by atoms with Gasteiger partial charge < -0.3 is 9.47 Å². The molecule has 0 bridgehead atoms. The van der Waals surface area contributed by atoms with Gasteiger partial charge in [0.25, 0.3) is 0 Å². The third-order valence-electron chi connectivity index (χ3n) is 5.91. The van der Waals surface area contributed by atoms with Gasteiger partial charge in [-0.3, -0.25) is 0 Å². The van der Waals surface area contributed by atoms with Gasteiger partial charge in [0, 0.05) is 5.56 Å². The van der Waals surface area contributed by atoms with Crippen molar-refractivity contribution in [3.8, 4) is 11.5 Å². The Morgan fingerprint density at radius 1 is 1.12 bits per heavy atom. The van der Waals surface area contributed by atoms with E-state index < -0.39 is 0 Å². The smallest absolute Gasteiger partial charge is 0.124 e. The van der Waals surface area contributed by atoms with Gasteiger partial charge in [-0.2, -0.15) is 0 Å². The van der Waals surface area contributed by atoms with E-state index in [9.17, 15) is 4.39 Å². The first-order chi connectivity index (χ1) is 12.7. The maximum atomic E-state index is 14.1. The first kappa shape index (κ1) is 17.4. The Morgan fingerprint density at radius 2 is 1.96 bits per heavy atom. The SMILES string of the molecule is CCCCOc1ccc(C23CCCCCC2Oc2ccc(F)cc23)cc1. The molecule has 4 rings (SSSR count). The fraction of sp³-hybridized carbons (Fsp3) is 0.478. The van der Waals surface area contributed by atoms with E-state index >= 15 is 0 Å². The average molecular weight is 354 g/mol. The number of hydrogen-bond acceptors (Lipinski definition) is 2. The predicted molar refractivity (Wildman–Crippen MR) is 102 cm³/mol. The summed E-state index contributed by atoms with van der Waals surface area (Å²) in [4.78, 5) is 0. The first-order valence-corrected chi connectivity index (χ1v) is 9.94. The Bertz CT molecular complexity index is 755. The van der Waals surface area contributed by atoms with Gasteiger partial charge in [-0.05, 0) is 61.6 Å². The van der Waals surface area contributed by atoms with Gasteiger partial charge >= 0.3 is 0 Å². The van der Waals surface area contributed by atoms with E-state index in [-0.39, 0.29) is 17.3 Å². The molecule has 1 saturated carbocycles. The summed E-state index contributed by atoms with van der Waals surface area (Å²) in [5.41, 5.74) is 2.00. The number of ether oxygens (including phenoxy) is 2. The van der Waals surface area contributed by atoms with E-state index in [4.69, 9.17) is 9.47 Å². The molecule has 0 amide bonds. The minimum atomic E-state index is -0.240. The summed E-state index contributed by atoms with van der Waals surface area (Å²) >= 11 is 0. The van der Waals surface area contributed by atoms with Crippen LogP contribution >= 0.6 is 0 Å². The van der Waals surface area contributed by atoms with Crippen LogP contribution in [0, 0.1) is 5.82 Å². The number of hydrogen-bond donors (Lipinski definition) is 0. The molecule has 2 nitrogen and oxygen atoms in total. The molecule has 3 heteroatoms. The second-order valence-corrected chi connectivity index (χ2v) is 7.54. The number of unbranched alkanes of at least 4 members (excludes halogenated alkanes) is 1. The van der Waals surface area contributed by atoms with Gasteiger partial charge in [-0.15, -0.1) is 0 Å². The summed E-state index contributed by atoms with van der Waals surface area (Å²) in [5.74, 6) is 1.57. The topological polar surface area (TPSA) is 18.5 Å². The maximum Gasteiger partial charge on any atom is 0.124 e. The fourth-order valence-corrected chi connectivity index (χ4v) is 4.56. The van der Waals surface area contributed by atoms with Crippen molar-refractivity contribution >= 4 is 0 Å². The van der Waals surface area contributed by atoms with Crippen molar-refractivity contribution in [1.82, 2.24) is 0 Å². The van der Waals surface area contributed by atoms with E-state index in [0.717, 1.165) is 55.8 Å². The quantitative estimate of drug-likeness (QED) is 0.612. The largest absolute Gasteiger partial charge is 0.494 e.